The van der Waals surface area contributed by atoms with E-state index < -0.39 is 12.1 Å². The van der Waals surface area contributed by atoms with Crippen molar-refractivity contribution in [3.05, 3.63) is 24.3 Å². The van der Waals surface area contributed by atoms with Crippen molar-refractivity contribution in [1.82, 2.24) is 0 Å². The van der Waals surface area contributed by atoms with Gasteiger partial charge < -0.3 is 19.3 Å². The molecule has 1 aromatic carbocycles. The minimum atomic E-state index is -0.655. The Hall–Kier alpha value is -2.28. The normalized spacial score (nSPS) is 9.58. The molecular weight excluding hydrogens is 254 g/mol. The SMILES string of the molecule is COC(=O)COc1ccc(NC(=O)OCCO)cc1. The van der Waals surface area contributed by atoms with Crippen LogP contribution in [0.5, 0.6) is 5.75 Å². The van der Waals surface area contributed by atoms with Gasteiger partial charge in [-0.05, 0) is 24.3 Å². The van der Waals surface area contributed by atoms with E-state index in [-0.39, 0.29) is 19.8 Å². The second-order valence-corrected chi connectivity index (χ2v) is 3.37. The maximum absolute atomic E-state index is 11.2. The number of rotatable bonds is 6. The van der Waals surface area contributed by atoms with Crippen molar-refractivity contribution in [1.29, 1.82) is 0 Å². The van der Waals surface area contributed by atoms with Gasteiger partial charge in [-0.15, -0.1) is 0 Å². The molecule has 104 valence electrons. The summed E-state index contributed by atoms with van der Waals surface area (Å²) in [4.78, 5) is 22.0. The largest absolute Gasteiger partial charge is 0.482 e. The first-order valence-electron chi connectivity index (χ1n) is 5.50. The molecule has 0 unspecified atom stereocenters. The van der Waals surface area contributed by atoms with Crippen LogP contribution in [0.4, 0.5) is 10.5 Å². The summed E-state index contributed by atoms with van der Waals surface area (Å²) in [6.07, 6.45) is -0.655. The standard InChI is InChI=1S/C12H15NO6/c1-17-11(15)8-19-10-4-2-9(3-5-10)13-12(16)18-7-6-14/h2-5,14H,6-8H2,1H3,(H,13,16). The van der Waals surface area contributed by atoms with Crippen LogP contribution >= 0.6 is 0 Å². The van der Waals surface area contributed by atoms with Crippen molar-refractivity contribution in [2.45, 2.75) is 0 Å². The van der Waals surface area contributed by atoms with E-state index in [0.29, 0.717) is 11.4 Å². The molecule has 1 rings (SSSR count). The lowest BCUT2D eigenvalue weighted by Gasteiger charge is -2.07. The molecule has 7 nitrogen and oxygen atoms in total. The average molecular weight is 269 g/mol. The highest BCUT2D eigenvalue weighted by molar-refractivity contribution is 5.84. The van der Waals surface area contributed by atoms with Crippen LogP contribution in [0.2, 0.25) is 0 Å². The maximum Gasteiger partial charge on any atom is 0.411 e. The van der Waals surface area contributed by atoms with E-state index in [1.807, 2.05) is 0 Å². The first kappa shape index (κ1) is 14.8. The molecule has 2 N–H and O–H groups in total. The lowest BCUT2D eigenvalue weighted by atomic mass is 10.3. The van der Waals surface area contributed by atoms with Gasteiger partial charge in [-0.3, -0.25) is 5.32 Å². The van der Waals surface area contributed by atoms with Crippen LogP contribution in [-0.4, -0.2) is 44.1 Å². The fraction of sp³-hybridized carbons (Fsp3) is 0.333. The van der Waals surface area contributed by atoms with E-state index >= 15 is 0 Å². The molecule has 0 aliphatic rings. The van der Waals surface area contributed by atoms with E-state index in [2.05, 4.69) is 14.8 Å². The predicted molar refractivity (Wildman–Crippen MR) is 66.0 cm³/mol. The summed E-state index contributed by atoms with van der Waals surface area (Å²) in [5.41, 5.74) is 0.508. The number of benzene rings is 1. The number of aliphatic hydroxyl groups excluding tert-OH is 1. The first-order valence-corrected chi connectivity index (χ1v) is 5.50. The van der Waals surface area contributed by atoms with Crippen LogP contribution in [0.15, 0.2) is 24.3 Å². The molecule has 0 bridgehead atoms. The van der Waals surface area contributed by atoms with Crippen molar-refractivity contribution in [3.63, 3.8) is 0 Å². The van der Waals surface area contributed by atoms with Gasteiger partial charge in [-0.2, -0.15) is 0 Å². The van der Waals surface area contributed by atoms with E-state index in [9.17, 15) is 9.59 Å². The fourth-order valence-corrected chi connectivity index (χ4v) is 1.13. The molecule has 0 fully saturated rings. The minimum absolute atomic E-state index is 0.0633. The Morgan fingerprint density at radius 2 is 1.95 bits per heavy atom. The molecule has 0 spiro atoms. The van der Waals surface area contributed by atoms with Gasteiger partial charge in [0, 0.05) is 5.69 Å². The number of nitrogens with one attached hydrogen (secondary N) is 1. The summed E-state index contributed by atoms with van der Waals surface area (Å²) in [7, 11) is 1.27. The fourth-order valence-electron chi connectivity index (χ4n) is 1.13. The maximum atomic E-state index is 11.2. The van der Waals surface area contributed by atoms with Crippen LogP contribution in [0.1, 0.15) is 0 Å². The third-order valence-electron chi connectivity index (χ3n) is 2.01. The summed E-state index contributed by atoms with van der Waals surface area (Å²) in [5.74, 6) is -0.00513. The number of amides is 1. The molecule has 19 heavy (non-hydrogen) atoms. The highest BCUT2D eigenvalue weighted by Gasteiger charge is 2.04. The third kappa shape index (κ3) is 5.73. The number of esters is 1. The van der Waals surface area contributed by atoms with E-state index in [4.69, 9.17) is 9.84 Å². The van der Waals surface area contributed by atoms with Crippen LogP contribution in [-0.2, 0) is 14.3 Å². The molecule has 0 saturated carbocycles. The Morgan fingerprint density at radius 1 is 1.26 bits per heavy atom. The number of anilines is 1. The van der Waals surface area contributed by atoms with Gasteiger partial charge in [0.1, 0.15) is 12.4 Å². The van der Waals surface area contributed by atoms with Gasteiger partial charge in [-0.1, -0.05) is 0 Å². The second kappa shape index (κ2) is 7.93. The minimum Gasteiger partial charge on any atom is -0.482 e. The Morgan fingerprint density at radius 3 is 2.53 bits per heavy atom. The highest BCUT2D eigenvalue weighted by Crippen LogP contribution is 2.15. The average Bonchev–Trinajstić information content (AvgIpc) is 2.44. The van der Waals surface area contributed by atoms with Gasteiger partial charge in [0.25, 0.3) is 0 Å². The number of hydrogen-bond acceptors (Lipinski definition) is 6. The molecule has 0 saturated heterocycles. The van der Waals surface area contributed by atoms with E-state index in [1.54, 1.807) is 24.3 Å². The summed E-state index contributed by atoms with van der Waals surface area (Å²) in [5, 5.41) is 10.9. The topological polar surface area (TPSA) is 94.1 Å². The zero-order valence-corrected chi connectivity index (χ0v) is 10.4. The van der Waals surface area contributed by atoms with Crippen molar-refractivity contribution in [2.24, 2.45) is 0 Å². The highest BCUT2D eigenvalue weighted by atomic mass is 16.6. The summed E-state index contributed by atoms with van der Waals surface area (Å²) < 4.78 is 14.2. The van der Waals surface area contributed by atoms with Crippen LogP contribution < -0.4 is 10.1 Å². The Kier molecular flexibility index (Phi) is 6.17. The molecule has 1 amide bonds. The van der Waals surface area contributed by atoms with Crippen molar-refractivity contribution < 1.29 is 28.9 Å². The Balaban J connectivity index is 2.43. The molecule has 0 aliphatic carbocycles. The van der Waals surface area contributed by atoms with Crippen molar-refractivity contribution in [2.75, 3.05) is 32.2 Å². The zero-order valence-electron chi connectivity index (χ0n) is 10.4. The first-order chi connectivity index (χ1) is 9.15. The summed E-state index contributed by atoms with van der Waals surface area (Å²) in [6, 6.07) is 6.36. The molecule has 0 aliphatic heterocycles. The van der Waals surface area contributed by atoms with Crippen LogP contribution in [0, 0.1) is 0 Å². The lowest BCUT2D eigenvalue weighted by molar-refractivity contribution is -0.142. The number of carbonyl (C=O) groups excluding carboxylic acids is 2. The number of aliphatic hydroxyl groups is 1. The smallest absolute Gasteiger partial charge is 0.411 e. The zero-order chi connectivity index (χ0) is 14.1. The van der Waals surface area contributed by atoms with Gasteiger partial charge in [-0.25, -0.2) is 9.59 Å². The monoisotopic (exact) mass is 269 g/mol. The van der Waals surface area contributed by atoms with E-state index in [1.165, 1.54) is 7.11 Å². The quantitative estimate of drug-likeness (QED) is 0.741. The van der Waals surface area contributed by atoms with Gasteiger partial charge in [0.15, 0.2) is 6.61 Å². The van der Waals surface area contributed by atoms with Gasteiger partial charge in [0.2, 0.25) is 0 Å². The molecule has 0 radical (unpaired) electrons. The number of methoxy groups -OCH3 is 1. The van der Waals surface area contributed by atoms with Crippen molar-refractivity contribution >= 4 is 17.7 Å². The Bertz CT molecular complexity index is 417. The second-order valence-electron chi connectivity index (χ2n) is 3.37. The molecule has 0 heterocycles. The van der Waals surface area contributed by atoms with Gasteiger partial charge >= 0.3 is 12.1 Å². The van der Waals surface area contributed by atoms with Crippen LogP contribution in [0.25, 0.3) is 0 Å². The number of hydrogen-bond donors (Lipinski definition) is 2. The number of ether oxygens (including phenoxy) is 3. The Labute approximate surface area is 110 Å². The molecular formula is C12H15NO6. The lowest BCUT2D eigenvalue weighted by Crippen LogP contribution is -2.15. The molecule has 7 heteroatoms. The molecule has 0 atom stereocenters. The van der Waals surface area contributed by atoms with Crippen molar-refractivity contribution in [3.8, 4) is 5.75 Å². The summed E-state index contributed by atoms with van der Waals surface area (Å²) >= 11 is 0. The molecule has 0 aromatic heterocycles. The third-order valence-corrected chi connectivity index (χ3v) is 2.01. The van der Waals surface area contributed by atoms with E-state index in [0.717, 1.165) is 0 Å². The van der Waals surface area contributed by atoms with Crippen LogP contribution in [0.3, 0.4) is 0 Å². The predicted octanol–water partition coefficient (Wildman–Crippen LogP) is 0.779. The van der Waals surface area contributed by atoms with Gasteiger partial charge in [0.05, 0.1) is 13.7 Å². The molecule has 1 aromatic rings. The number of carbonyl (C=O) groups is 2. The summed E-state index contributed by atoms with van der Waals surface area (Å²) in [6.45, 7) is -0.471.